The lowest BCUT2D eigenvalue weighted by Crippen LogP contribution is -2.05. The molecule has 1 aliphatic rings. The van der Waals surface area contributed by atoms with Gasteiger partial charge in [0.2, 0.25) is 0 Å². The van der Waals surface area contributed by atoms with Gasteiger partial charge in [0.15, 0.2) is 0 Å². The Morgan fingerprint density at radius 3 is 2.42 bits per heavy atom. The van der Waals surface area contributed by atoms with Crippen molar-refractivity contribution in [2.75, 3.05) is 5.32 Å². The minimum atomic E-state index is -0.221. The molecule has 1 heterocycles. The number of rotatable bonds is 1. The molecule has 1 N–H and O–H groups in total. The lowest BCUT2D eigenvalue weighted by atomic mass is 9.96. The van der Waals surface area contributed by atoms with Gasteiger partial charge in [-0.25, -0.2) is 0 Å². The van der Waals surface area contributed by atoms with Crippen LogP contribution in [0.1, 0.15) is 11.1 Å². The molecule has 3 heteroatoms. The summed E-state index contributed by atoms with van der Waals surface area (Å²) in [5.41, 5.74) is 3.15. The highest BCUT2D eigenvalue weighted by atomic mass is 16.2. The van der Waals surface area contributed by atoms with E-state index in [1.807, 2.05) is 54.6 Å². The van der Waals surface area contributed by atoms with Crippen LogP contribution in [0.3, 0.4) is 0 Å². The third-order valence-electron chi connectivity index (χ3n) is 3.10. The first kappa shape index (κ1) is 11.2. The second-order valence-corrected chi connectivity index (χ2v) is 4.23. The van der Waals surface area contributed by atoms with Crippen LogP contribution in [-0.4, -0.2) is 5.91 Å². The van der Waals surface area contributed by atoms with Gasteiger partial charge in [-0.15, -0.1) is 0 Å². The fraction of sp³-hybridized carbons (Fsp3) is 0. The second kappa shape index (κ2) is 4.43. The number of nitriles is 1. The second-order valence-electron chi connectivity index (χ2n) is 4.23. The van der Waals surface area contributed by atoms with Crippen molar-refractivity contribution in [1.29, 1.82) is 5.26 Å². The predicted molar refractivity (Wildman–Crippen MR) is 73.9 cm³/mol. The molecule has 3 nitrogen and oxygen atoms in total. The van der Waals surface area contributed by atoms with Crippen molar-refractivity contribution in [3.05, 3.63) is 65.7 Å². The third kappa shape index (κ3) is 1.80. The Bertz CT molecular complexity index is 724. The Morgan fingerprint density at radius 2 is 1.68 bits per heavy atom. The summed E-state index contributed by atoms with van der Waals surface area (Å²) < 4.78 is 0. The molecule has 1 amide bonds. The number of anilines is 1. The van der Waals surface area contributed by atoms with E-state index in [-0.39, 0.29) is 5.91 Å². The van der Waals surface area contributed by atoms with E-state index in [0.29, 0.717) is 11.1 Å². The van der Waals surface area contributed by atoms with E-state index in [2.05, 4.69) is 11.4 Å². The molecule has 0 atom stereocenters. The number of nitrogens with zero attached hydrogens (tertiary/aromatic N) is 1. The van der Waals surface area contributed by atoms with Crippen LogP contribution in [0.5, 0.6) is 0 Å². The molecule has 0 aromatic heterocycles. The van der Waals surface area contributed by atoms with Crippen LogP contribution in [0, 0.1) is 11.3 Å². The predicted octanol–water partition coefficient (Wildman–Crippen LogP) is 3.07. The minimum absolute atomic E-state index is 0.221. The van der Waals surface area contributed by atoms with Crippen molar-refractivity contribution in [2.24, 2.45) is 0 Å². The number of carbonyl (C=O) groups excluding carboxylic acids is 1. The van der Waals surface area contributed by atoms with Crippen molar-refractivity contribution in [3.63, 3.8) is 0 Å². The van der Waals surface area contributed by atoms with Gasteiger partial charge in [0.25, 0.3) is 5.91 Å². The maximum absolute atomic E-state index is 12.1. The lowest BCUT2D eigenvalue weighted by Gasteiger charge is -2.03. The number of allylic oxidation sites excluding steroid dienone is 1. The number of carbonyl (C=O) groups is 1. The Labute approximate surface area is 110 Å². The van der Waals surface area contributed by atoms with Crippen molar-refractivity contribution < 1.29 is 4.79 Å². The molecule has 0 saturated heterocycles. The van der Waals surface area contributed by atoms with Crippen molar-refractivity contribution in [3.8, 4) is 6.07 Å². The molecule has 0 bridgehead atoms. The number of hydrogen-bond acceptors (Lipinski definition) is 2. The highest BCUT2D eigenvalue weighted by Crippen LogP contribution is 2.36. The molecule has 2 aromatic carbocycles. The molecule has 0 spiro atoms. The first-order valence-electron chi connectivity index (χ1n) is 5.92. The number of nitrogens with one attached hydrogen (secondary N) is 1. The summed E-state index contributed by atoms with van der Waals surface area (Å²) in [6.07, 6.45) is 0. The molecule has 0 unspecified atom stereocenters. The van der Waals surface area contributed by atoms with Gasteiger partial charge in [0.05, 0.1) is 11.1 Å². The average molecular weight is 246 g/mol. The van der Waals surface area contributed by atoms with E-state index < -0.39 is 0 Å². The van der Waals surface area contributed by atoms with E-state index in [1.54, 1.807) is 0 Å². The van der Waals surface area contributed by atoms with E-state index in [0.717, 1.165) is 16.8 Å². The molecular formula is C16H10N2O. The number of fused-ring (bicyclic) bond motifs is 1. The molecule has 0 fully saturated rings. The van der Waals surface area contributed by atoms with Gasteiger partial charge in [-0.05, 0) is 11.6 Å². The van der Waals surface area contributed by atoms with Crippen LogP contribution in [0.15, 0.2) is 54.6 Å². The van der Waals surface area contributed by atoms with E-state index in [9.17, 15) is 10.1 Å². The SMILES string of the molecule is N#C/C(=C1\C(=O)Nc2ccccc21)c1ccccc1. The Kier molecular flexibility index (Phi) is 2.62. The van der Waals surface area contributed by atoms with E-state index in [1.165, 1.54) is 0 Å². The van der Waals surface area contributed by atoms with Crippen molar-refractivity contribution in [2.45, 2.75) is 0 Å². The van der Waals surface area contributed by atoms with Gasteiger partial charge in [-0.2, -0.15) is 5.26 Å². The van der Waals surface area contributed by atoms with Gasteiger partial charge < -0.3 is 5.32 Å². The van der Waals surface area contributed by atoms with Crippen LogP contribution in [0.4, 0.5) is 5.69 Å². The van der Waals surface area contributed by atoms with Gasteiger partial charge in [0, 0.05) is 11.3 Å². The molecular weight excluding hydrogens is 236 g/mol. The zero-order valence-corrected chi connectivity index (χ0v) is 10.1. The Hall–Kier alpha value is -2.86. The van der Waals surface area contributed by atoms with E-state index in [4.69, 9.17) is 0 Å². The summed E-state index contributed by atoms with van der Waals surface area (Å²) in [6.45, 7) is 0. The molecule has 0 aliphatic carbocycles. The van der Waals surface area contributed by atoms with Crippen LogP contribution in [-0.2, 0) is 4.79 Å². The highest BCUT2D eigenvalue weighted by Gasteiger charge is 2.27. The van der Waals surface area contributed by atoms with Crippen LogP contribution in [0.2, 0.25) is 0 Å². The van der Waals surface area contributed by atoms with Crippen LogP contribution < -0.4 is 5.32 Å². The number of hydrogen-bond donors (Lipinski definition) is 1. The maximum atomic E-state index is 12.1. The monoisotopic (exact) mass is 246 g/mol. The zero-order valence-electron chi connectivity index (χ0n) is 10.1. The molecule has 1 aliphatic heterocycles. The summed E-state index contributed by atoms with van der Waals surface area (Å²) in [4.78, 5) is 12.1. The average Bonchev–Trinajstić information content (AvgIpc) is 2.78. The fourth-order valence-electron chi connectivity index (χ4n) is 2.24. The summed E-state index contributed by atoms with van der Waals surface area (Å²) >= 11 is 0. The van der Waals surface area contributed by atoms with Crippen LogP contribution in [0.25, 0.3) is 11.1 Å². The first-order chi connectivity index (χ1) is 9.31. The number of para-hydroxylation sites is 1. The standard InChI is InChI=1S/C16H10N2O/c17-10-13(11-6-2-1-3-7-11)15-12-8-4-5-9-14(12)18-16(15)19/h1-9H,(H,18,19)/b15-13+. The third-order valence-corrected chi connectivity index (χ3v) is 3.10. The summed E-state index contributed by atoms with van der Waals surface area (Å²) in [5.74, 6) is -0.221. The summed E-state index contributed by atoms with van der Waals surface area (Å²) in [7, 11) is 0. The number of benzene rings is 2. The molecule has 3 rings (SSSR count). The van der Waals surface area contributed by atoms with Gasteiger partial charge in [0.1, 0.15) is 6.07 Å². The molecule has 19 heavy (non-hydrogen) atoms. The van der Waals surface area contributed by atoms with Gasteiger partial charge in [-0.3, -0.25) is 4.79 Å². The lowest BCUT2D eigenvalue weighted by molar-refractivity contribution is -0.110. The maximum Gasteiger partial charge on any atom is 0.257 e. The molecule has 90 valence electrons. The van der Waals surface area contributed by atoms with Crippen LogP contribution >= 0.6 is 0 Å². The molecule has 0 saturated carbocycles. The van der Waals surface area contributed by atoms with Gasteiger partial charge >= 0.3 is 0 Å². The normalized spacial score (nSPS) is 15.4. The van der Waals surface area contributed by atoms with E-state index >= 15 is 0 Å². The summed E-state index contributed by atoms with van der Waals surface area (Å²) in [5, 5.41) is 12.2. The molecule has 2 aromatic rings. The quantitative estimate of drug-likeness (QED) is 0.621. The summed E-state index contributed by atoms with van der Waals surface area (Å²) in [6, 6.07) is 18.8. The first-order valence-corrected chi connectivity index (χ1v) is 5.92. The topological polar surface area (TPSA) is 52.9 Å². The Balaban J connectivity index is 2.27. The zero-order chi connectivity index (χ0) is 13.2. The number of amides is 1. The van der Waals surface area contributed by atoms with Crippen molar-refractivity contribution in [1.82, 2.24) is 0 Å². The van der Waals surface area contributed by atoms with Gasteiger partial charge in [-0.1, -0.05) is 48.5 Å². The Morgan fingerprint density at radius 1 is 1.00 bits per heavy atom. The smallest absolute Gasteiger partial charge is 0.257 e. The van der Waals surface area contributed by atoms with Crippen molar-refractivity contribution >= 4 is 22.7 Å². The molecule has 0 radical (unpaired) electrons. The fourth-order valence-corrected chi connectivity index (χ4v) is 2.24. The highest BCUT2D eigenvalue weighted by molar-refractivity contribution is 6.38. The largest absolute Gasteiger partial charge is 0.321 e. The minimum Gasteiger partial charge on any atom is -0.321 e.